The van der Waals surface area contributed by atoms with E-state index in [1.54, 1.807) is 5.38 Å². The number of anilines is 1. The van der Waals surface area contributed by atoms with Crippen molar-refractivity contribution < 1.29 is 13.6 Å². The van der Waals surface area contributed by atoms with Crippen molar-refractivity contribution in [3.05, 3.63) is 46.5 Å². The molecule has 0 saturated carbocycles. The zero-order valence-corrected chi connectivity index (χ0v) is 10.1. The average Bonchev–Trinajstić information content (AvgIpc) is 2.69. The summed E-state index contributed by atoms with van der Waals surface area (Å²) in [5.74, 6) is -1.72. The fourth-order valence-corrected chi connectivity index (χ4v) is 2.13. The smallest absolute Gasteiger partial charge is 0.180 e. The van der Waals surface area contributed by atoms with Gasteiger partial charge >= 0.3 is 0 Å². The molecule has 1 heterocycles. The molecular formula is C12H10F2N2OS. The van der Waals surface area contributed by atoms with E-state index in [0.29, 0.717) is 10.8 Å². The van der Waals surface area contributed by atoms with Crippen molar-refractivity contribution in [1.29, 1.82) is 0 Å². The van der Waals surface area contributed by atoms with E-state index in [9.17, 15) is 13.6 Å². The van der Waals surface area contributed by atoms with Crippen LogP contribution in [0.3, 0.4) is 0 Å². The van der Waals surface area contributed by atoms with Gasteiger partial charge in [0.1, 0.15) is 17.4 Å². The molecule has 18 heavy (non-hydrogen) atoms. The monoisotopic (exact) mass is 268 g/mol. The quantitative estimate of drug-likeness (QED) is 0.926. The number of nitrogens with zero attached hydrogens (tertiary/aromatic N) is 1. The van der Waals surface area contributed by atoms with Crippen LogP contribution in [0.25, 0.3) is 0 Å². The highest BCUT2D eigenvalue weighted by molar-refractivity contribution is 7.13. The SMILES string of the molecule is Nc1nc(CC(=O)Cc2c(F)cccc2F)cs1. The van der Waals surface area contributed by atoms with Crippen molar-refractivity contribution in [3.63, 3.8) is 0 Å². The number of hydrogen-bond acceptors (Lipinski definition) is 4. The molecule has 0 aliphatic rings. The van der Waals surface area contributed by atoms with E-state index in [4.69, 9.17) is 5.73 Å². The van der Waals surface area contributed by atoms with Crippen molar-refractivity contribution in [3.8, 4) is 0 Å². The normalized spacial score (nSPS) is 10.6. The lowest BCUT2D eigenvalue weighted by molar-refractivity contribution is -0.117. The summed E-state index contributed by atoms with van der Waals surface area (Å²) in [5, 5.41) is 2.03. The van der Waals surface area contributed by atoms with Crippen molar-refractivity contribution >= 4 is 22.3 Å². The molecule has 1 aromatic heterocycles. The van der Waals surface area contributed by atoms with Crippen LogP contribution in [0.4, 0.5) is 13.9 Å². The van der Waals surface area contributed by atoms with E-state index < -0.39 is 11.6 Å². The van der Waals surface area contributed by atoms with E-state index in [0.717, 1.165) is 12.1 Å². The second-order valence-electron chi connectivity index (χ2n) is 3.77. The molecule has 2 rings (SSSR count). The number of carbonyl (C=O) groups excluding carboxylic acids is 1. The highest BCUT2D eigenvalue weighted by atomic mass is 32.1. The minimum Gasteiger partial charge on any atom is -0.375 e. The Balaban J connectivity index is 2.08. The summed E-state index contributed by atoms with van der Waals surface area (Å²) < 4.78 is 26.7. The lowest BCUT2D eigenvalue weighted by Gasteiger charge is -2.03. The molecule has 0 atom stereocenters. The van der Waals surface area contributed by atoms with Crippen LogP contribution in [0.2, 0.25) is 0 Å². The van der Waals surface area contributed by atoms with Crippen LogP contribution in [-0.4, -0.2) is 10.8 Å². The van der Waals surface area contributed by atoms with E-state index in [1.165, 1.54) is 17.4 Å². The molecule has 0 aliphatic heterocycles. The number of nitrogens with two attached hydrogens (primary N) is 1. The Morgan fingerprint density at radius 3 is 2.50 bits per heavy atom. The Bertz CT molecular complexity index is 563. The number of rotatable bonds is 4. The minimum atomic E-state index is -0.707. The molecule has 0 amide bonds. The van der Waals surface area contributed by atoms with Gasteiger partial charge in [0.05, 0.1) is 5.69 Å². The van der Waals surface area contributed by atoms with E-state index in [1.807, 2.05) is 0 Å². The van der Waals surface area contributed by atoms with Crippen molar-refractivity contribution in [2.24, 2.45) is 0 Å². The Morgan fingerprint density at radius 1 is 1.28 bits per heavy atom. The highest BCUT2D eigenvalue weighted by Gasteiger charge is 2.14. The molecule has 0 spiro atoms. The summed E-state index contributed by atoms with van der Waals surface area (Å²) in [6.45, 7) is 0. The van der Waals surface area contributed by atoms with Crippen LogP contribution >= 0.6 is 11.3 Å². The van der Waals surface area contributed by atoms with E-state index >= 15 is 0 Å². The topological polar surface area (TPSA) is 56.0 Å². The number of hydrogen-bond donors (Lipinski definition) is 1. The molecular weight excluding hydrogens is 258 g/mol. The van der Waals surface area contributed by atoms with Crippen LogP contribution in [0.1, 0.15) is 11.3 Å². The number of thiazole rings is 1. The predicted molar refractivity (Wildman–Crippen MR) is 65.3 cm³/mol. The molecule has 0 unspecified atom stereocenters. The first kappa shape index (κ1) is 12.6. The summed E-state index contributed by atoms with van der Waals surface area (Å²) in [6, 6.07) is 3.53. The maximum atomic E-state index is 13.3. The van der Waals surface area contributed by atoms with Crippen LogP contribution in [0.5, 0.6) is 0 Å². The zero-order chi connectivity index (χ0) is 13.1. The summed E-state index contributed by atoms with van der Waals surface area (Å²) in [4.78, 5) is 15.6. The van der Waals surface area contributed by atoms with Gasteiger partial charge in [0.2, 0.25) is 0 Å². The summed E-state index contributed by atoms with van der Waals surface area (Å²) in [5.41, 5.74) is 5.76. The van der Waals surface area contributed by atoms with Crippen molar-refractivity contribution in [2.75, 3.05) is 5.73 Å². The van der Waals surface area contributed by atoms with Crippen molar-refractivity contribution in [2.45, 2.75) is 12.8 Å². The standard InChI is InChI=1S/C12H10F2N2OS/c13-10-2-1-3-11(14)9(10)5-8(17)4-7-6-18-12(15)16-7/h1-3,6H,4-5H2,(H2,15,16). The summed E-state index contributed by atoms with van der Waals surface area (Å²) >= 11 is 1.23. The number of aromatic nitrogens is 1. The fraction of sp³-hybridized carbons (Fsp3) is 0.167. The first-order valence-electron chi connectivity index (χ1n) is 5.20. The summed E-state index contributed by atoms with van der Waals surface area (Å²) in [6.07, 6.45) is -0.253. The second kappa shape index (κ2) is 5.22. The third-order valence-electron chi connectivity index (χ3n) is 2.38. The number of ketones is 1. The number of nitrogen functional groups attached to an aromatic ring is 1. The second-order valence-corrected chi connectivity index (χ2v) is 4.66. The zero-order valence-electron chi connectivity index (χ0n) is 9.32. The van der Waals surface area contributed by atoms with Crippen LogP contribution in [0.15, 0.2) is 23.6 Å². The average molecular weight is 268 g/mol. The molecule has 0 bridgehead atoms. The van der Waals surface area contributed by atoms with Gasteiger partial charge in [0, 0.05) is 23.8 Å². The number of Topliss-reactive ketones (excluding diaryl/α,β-unsaturated/α-hetero) is 1. The third-order valence-corrected chi connectivity index (χ3v) is 3.11. The maximum absolute atomic E-state index is 13.3. The molecule has 94 valence electrons. The van der Waals surface area contributed by atoms with E-state index in [2.05, 4.69) is 4.98 Å². The molecule has 3 nitrogen and oxygen atoms in total. The number of carbonyl (C=O) groups is 1. The molecule has 0 fully saturated rings. The Labute approximate surface area is 106 Å². The molecule has 2 N–H and O–H groups in total. The fourth-order valence-electron chi connectivity index (χ4n) is 1.57. The highest BCUT2D eigenvalue weighted by Crippen LogP contribution is 2.15. The van der Waals surface area contributed by atoms with Gasteiger partial charge in [-0.15, -0.1) is 11.3 Å². The minimum absolute atomic E-state index is 0.0292. The van der Waals surface area contributed by atoms with Gasteiger partial charge in [-0.2, -0.15) is 0 Å². The largest absolute Gasteiger partial charge is 0.375 e. The van der Waals surface area contributed by atoms with Gasteiger partial charge in [-0.05, 0) is 12.1 Å². The Hall–Kier alpha value is -1.82. The van der Waals surface area contributed by atoms with Crippen LogP contribution < -0.4 is 5.73 Å². The molecule has 0 saturated heterocycles. The first-order valence-corrected chi connectivity index (χ1v) is 6.08. The van der Waals surface area contributed by atoms with Gasteiger partial charge in [0.25, 0.3) is 0 Å². The maximum Gasteiger partial charge on any atom is 0.180 e. The third kappa shape index (κ3) is 2.89. The summed E-state index contributed by atoms with van der Waals surface area (Å²) in [7, 11) is 0. The van der Waals surface area contributed by atoms with Crippen LogP contribution in [-0.2, 0) is 17.6 Å². The van der Waals surface area contributed by atoms with Gasteiger partial charge < -0.3 is 5.73 Å². The Kier molecular flexibility index (Phi) is 3.66. The van der Waals surface area contributed by atoms with E-state index in [-0.39, 0.29) is 24.2 Å². The number of benzene rings is 1. The lowest BCUT2D eigenvalue weighted by Crippen LogP contribution is -2.10. The molecule has 2 aromatic rings. The lowest BCUT2D eigenvalue weighted by atomic mass is 10.1. The van der Waals surface area contributed by atoms with Gasteiger partial charge in [-0.3, -0.25) is 4.79 Å². The van der Waals surface area contributed by atoms with Gasteiger partial charge in [-0.1, -0.05) is 6.07 Å². The van der Waals surface area contributed by atoms with Crippen LogP contribution in [0, 0.1) is 11.6 Å². The van der Waals surface area contributed by atoms with Gasteiger partial charge in [-0.25, -0.2) is 13.8 Å². The first-order chi connectivity index (χ1) is 8.56. The Morgan fingerprint density at radius 2 is 1.94 bits per heavy atom. The molecule has 0 aliphatic carbocycles. The predicted octanol–water partition coefficient (Wildman–Crippen LogP) is 2.36. The van der Waals surface area contributed by atoms with Crippen molar-refractivity contribution in [1.82, 2.24) is 4.98 Å². The molecule has 6 heteroatoms. The van der Waals surface area contributed by atoms with Gasteiger partial charge in [0.15, 0.2) is 5.13 Å². The molecule has 0 radical (unpaired) electrons. The molecule has 1 aromatic carbocycles. The number of halogens is 2.